The van der Waals surface area contributed by atoms with Crippen molar-refractivity contribution in [2.45, 2.75) is 25.9 Å². The number of carbonyl (C=O) groups excluding carboxylic acids is 2. The van der Waals surface area contributed by atoms with E-state index in [9.17, 15) is 9.59 Å². The van der Waals surface area contributed by atoms with E-state index in [0.717, 1.165) is 4.88 Å². The molecule has 0 bridgehead atoms. The summed E-state index contributed by atoms with van der Waals surface area (Å²) in [5.74, 6) is -0.336. The lowest BCUT2D eigenvalue weighted by molar-refractivity contribution is -0.133. The lowest BCUT2D eigenvalue weighted by Crippen LogP contribution is -2.46. The van der Waals surface area contributed by atoms with E-state index in [1.54, 1.807) is 42.3 Å². The number of nitrogens with one attached hydrogen (secondary N) is 1. The molecule has 0 radical (unpaired) electrons. The summed E-state index contributed by atoms with van der Waals surface area (Å²) < 4.78 is 5.01. The minimum absolute atomic E-state index is 0.0273. The highest BCUT2D eigenvalue weighted by Crippen LogP contribution is 2.23. The summed E-state index contributed by atoms with van der Waals surface area (Å²) in [6.45, 7) is 3.63. The van der Waals surface area contributed by atoms with Crippen LogP contribution in [0.3, 0.4) is 0 Å². The van der Waals surface area contributed by atoms with Crippen molar-refractivity contribution in [3.63, 3.8) is 0 Å². The lowest BCUT2D eigenvalue weighted by atomic mass is 10.2. The number of nitrogens with zero attached hydrogens (tertiary/aromatic N) is 1. The number of amides is 2. The molecule has 2 aromatic rings. The molecule has 2 rings (SSSR count). The fourth-order valence-electron chi connectivity index (χ4n) is 1.95. The zero-order chi connectivity index (χ0) is 15.4. The molecule has 2 aromatic heterocycles. The summed E-state index contributed by atoms with van der Waals surface area (Å²) in [6, 6.07) is 6.49. The number of thiophene rings is 1. The average Bonchev–Trinajstić information content (AvgIpc) is 3.16. The predicted molar refractivity (Wildman–Crippen MR) is 81.1 cm³/mol. The van der Waals surface area contributed by atoms with Gasteiger partial charge in [0, 0.05) is 11.9 Å². The van der Waals surface area contributed by atoms with E-state index < -0.39 is 11.9 Å². The van der Waals surface area contributed by atoms with Crippen LogP contribution in [-0.2, 0) is 4.79 Å². The van der Waals surface area contributed by atoms with Gasteiger partial charge in [0.25, 0.3) is 5.91 Å². The van der Waals surface area contributed by atoms with Gasteiger partial charge in [-0.1, -0.05) is 6.07 Å². The monoisotopic (exact) mass is 306 g/mol. The first kappa shape index (κ1) is 15.3. The second kappa shape index (κ2) is 6.58. The first-order chi connectivity index (χ1) is 10.0. The van der Waals surface area contributed by atoms with Gasteiger partial charge >= 0.3 is 0 Å². The Morgan fingerprint density at radius 2 is 2.05 bits per heavy atom. The highest BCUT2D eigenvalue weighted by molar-refractivity contribution is 7.10. The summed E-state index contributed by atoms with van der Waals surface area (Å²) in [7, 11) is 1.74. The molecule has 2 heterocycles. The van der Waals surface area contributed by atoms with Crippen LogP contribution in [0.1, 0.15) is 35.3 Å². The van der Waals surface area contributed by atoms with Crippen LogP contribution in [-0.4, -0.2) is 29.8 Å². The molecule has 6 heteroatoms. The Morgan fingerprint density at radius 3 is 2.62 bits per heavy atom. The van der Waals surface area contributed by atoms with Crippen LogP contribution >= 0.6 is 11.3 Å². The normalized spacial score (nSPS) is 13.5. The van der Waals surface area contributed by atoms with Gasteiger partial charge in [-0.05, 0) is 37.4 Å². The number of hydrogen-bond donors (Lipinski definition) is 1. The van der Waals surface area contributed by atoms with Crippen molar-refractivity contribution in [1.82, 2.24) is 10.2 Å². The molecule has 5 nitrogen and oxygen atoms in total. The zero-order valence-electron chi connectivity index (χ0n) is 12.2. The molecule has 0 spiro atoms. The van der Waals surface area contributed by atoms with Gasteiger partial charge in [0.2, 0.25) is 5.91 Å². The summed E-state index contributed by atoms with van der Waals surface area (Å²) in [5, 5.41) is 4.62. The standard InChI is InChI=1S/C15H18N2O3S/c1-10(16-14(18)12-6-4-8-20-12)15(19)17(3)11(2)13-7-5-9-21-13/h4-11H,1-3H3,(H,16,18)/t10-,11?/m0/s1. The number of likely N-dealkylation sites (N-methyl/N-ethyl adjacent to an activating group) is 1. The molecular formula is C15H18N2O3S. The van der Waals surface area contributed by atoms with Crippen molar-refractivity contribution in [2.75, 3.05) is 7.05 Å². The van der Waals surface area contributed by atoms with Crippen LogP contribution < -0.4 is 5.32 Å². The Bertz CT molecular complexity index is 592. The minimum Gasteiger partial charge on any atom is -0.459 e. The molecule has 1 N–H and O–H groups in total. The molecule has 1 unspecified atom stereocenters. The molecule has 0 fully saturated rings. The fraction of sp³-hybridized carbons (Fsp3) is 0.333. The van der Waals surface area contributed by atoms with Crippen LogP contribution in [0, 0.1) is 0 Å². The maximum Gasteiger partial charge on any atom is 0.287 e. The van der Waals surface area contributed by atoms with Gasteiger partial charge in [-0.2, -0.15) is 0 Å². The van der Waals surface area contributed by atoms with Crippen molar-refractivity contribution in [3.05, 3.63) is 46.5 Å². The molecular weight excluding hydrogens is 288 g/mol. The van der Waals surface area contributed by atoms with Gasteiger partial charge in [0.05, 0.1) is 12.3 Å². The lowest BCUT2D eigenvalue weighted by Gasteiger charge is -2.27. The van der Waals surface area contributed by atoms with Crippen molar-refractivity contribution >= 4 is 23.2 Å². The van der Waals surface area contributed by atoms with E-state index in [1.807, 2.05) is 24.4 Å². The maximum atomic E-state index is 12.4. The third-order valence-electron chi connectivity index (χ3n) is 3.35. The molecule has 112 valence electrons. The van der Waals surface area contributed by atoms with Gasteiger partial charge in [-0.25, -0.2) is 0 Å². The predicted octanol–water partition coefficient (Wildman–Crippen LogP) is 2.68. The average molecular weight is 306 g/mol. The first-order valence-corrected chi connectivity index (χ1v) is 7.53. The van der Waals surface area contributed by atoms with Crippen molar-refractivity contribution in [2.24, 2.45) is 0 Å². The fourth-order valence-corrected chi connectivity index (χ4v) is 2.78. The molecule has 21 heavy (non-hydrogen) atoms. The molecule has 2 amide bonds. The smallest absolute Gasteiger partial charge is 0.287 e. The second-order valence-corrected chi connectivity index (χ2v) is 5.79. The zero-order valence-corrected chi connectivity index (χ0v) is 13.0. The topological polar surface area (TPSA) is 62.6 Å². The van der Waals surface area contributed by atoms with Crippen molar-refractivity contribution < 1.29 is 14.0 Å². The minimum atomic E-state index is -0.616. The Hall–Kier alpha value is -2.08. The highest BCUT2D eigenvalue weighted by atomic mass is 32.1. The number of hydrogen-bond acceptors (Lipinski definition) is 4. The largest absolute Gasteiger partial charge is 0.459 e. The van der Waals surface area contributed by atoms with Crippen molar-refractivity contribution in [1.29, 1.82) is 0 Å². The Balaban J connectivity index is 1.97. The summed E-state index contributed by atoms with van der Waals surface area (Å²) >= 11 is 1.60. The van der Waals surface area contributed by atoms with Crippen LogP contribution in [0.4, 0.5) is 0 Å². The first-order valence-electron chi connectivity index (χ1n) is 6.65. The molecule has 2 atom stereocenters. The second-order valence-electron chi connectivity index (χ2n) is 4.81. The van der Waals surface area contributed by atoms with E-state index >= 15 is 0 Å². The van der Waals surface area contributed by atoms with Crippen LogP contribution in [0.5, 0.6) is 0 Å². The van der Waals surface area contributed by atoms with Gasteiger partial charge in [-0.15, -0.1) is 11.3 Å². The molecule has 0 aliphatic carbocycles. The van der Waals surface area contributed by atoms with Crippen LogP contribution in [0.15, 0.2) is 40.3 Å². The summed E-state index contributed by atoms with van der Waals surface area (Å²) in [4.78, 5) is 27.0. The van der Waals surface area contributed by atoms with E-state index in [-0.39, 0.29) is 17.7 Å². The van der Waals surface area contributed by atoms with E-state index in [2.05, 4.69) is 5.32 Å². The maximum absolute atomic E-state index is 12.4. The van der Waals surface area contributed by atoms with E-state index in [4.69, 9.17) is 4.42 Å². The van der Waals surface area contributed by atoms with Gasteiger partial charge < -0.3 is 14.6 Å². The number of furan rings is 1. The molecule has 0 saturated heterocycles. The number of rotatable bonds is 5. The van der Waals surface area contributed by atoms with E-state index in [1.165, 1.54) is 6.26 Å². The van der Waals surface area contributed by atoms with Crippen LogP contribution in [0.2, 0.25) is 0 Å². The molecule has 0 saturated carbocycles. The number of carbonyl (C=O) groups is 2. The Kier molecular flexibility index (Phi) is 4.80. The van der Waals surface area contributed by atoms with Gasteiger partial charge in [0.15, 0.2) is 5.76 Å². The van der Waals surface area contributed by atoms with Crippen LogP contribution in [0.25, 0.3) is 0 Å². The highest BCUT2D eigenvalue weighted by Gasteiger charge is 2.25. The van der Waals surface area contributed by atoms with Crippen molar-refractivity contribution in [3.8, 4) is 0 Å². The Morgan fingerprint density at radius 1 is 1.29 bits per heavy atom. The van der Waals surface area contributed by atoms with E-state index in [0.29, 0.717) is 0 Å². The quantitative estimate of drug-likeness (QED) is 0.924. The molecule has 0 aromatic carbocycles. The third kappa shape index (κ3) is 3.52. The molecule has 0 aliphatic rings. The molecule has 0 aliphatic heterocycles. The van der Waals surface area contributed by atoms with Gasteiger partial charge in [-0.3, -0.25) is 9.59 Å². The Labute approximate surface area is 127 Å². The third-order valence-corrected chi connectivity index (χ3v) is 4.39. The van der Waals surface area contributed by atoms with Gasteiger partial charge in [0.1, 0.15) is 6.04 Å². The summed E-state index contributed by atoms with van der Waals surface area (Å²) in [6.07, 6.45) is 1.42. The summed E-state index contributed by atoms with van der Waals surface area (Å²) in [5.41, 5.74) is 0. The SMILES string of the molecule is CC(c1cccs1)N(C)C(=O)[C@H](C)NC(=O)c1ccco1.